The van der Waals surface area contributed by atoms with Crippen molar-refractivity contribution in [2.75, 3.05) is 32.7 Å². The molecule has 2 amide bonds. The van der Waals surface area contributed by atoms with Crippen LogP contribution in [0.15, 0.2) is 24.3 Å². The third-order valence-corrected chi connectivity index (χ3v) is 7.00. The van der Waals surface area contributed by atoms with Crippen molar-refractivity contribution < 1.29 is 9.59 Å². The van der Waals surface area contributed by atoms with Gasteiger partial charge in [0.05, 0.1) is 5.92 Å². The van der Waals surface area contributed by atoms with Crippen molar-refractivity contribution in [1.82, 2.24) is 15.1 Å². The summed E-state index contributed by atoms with van der Waals surface area (Å²) in [6.07, 6.45) is 6.97. The summed E-state index contributed by atoms with van der Waals surface area (Å²) in [4.78, 5) is 28.6. The molecule has 2 saturated heterocycles. The number of benzene rings is 1. The number of carbonyl (C=O) groups is 2. The predicted molar refractivity (Wildman–Crippen MR) is 114 cm³/mol. The number of amides is 2. The Hall–Kier alpha value is -1.76. The Morgan fingerprint density at radius 3 is 2.28 bits per heavy atom. The summed E-state index contributed by atoms with van der Waals surface area (Å²) in [5.41, 5.74) is 8.37. The fourth-order valence-electron chi connectivity index (χ4n) is 5.03. The van der Waals surface area contributed by atoms with Gasteiger partial charge in [-0.05, 0) is 49.7 Å². The lowest BCUT2D eigenvalue weighted by molar-refractivity contribution is -0.134. The molecule has 1 aliphatic carbocycles. The molecule has 1 aromatic rings. The van der Waals surface area contributed by atoms with Crippen LogP contribution in [0, 0.1) is 0 Å². The predicted octanol–water partition coefficient (Wildman–Crippen LogP) is 1.64. The van der Waals surface area contributed by atoms with Gasteiger partial charge in [-0.25, -0.2) is 0 Å². The first-order valence-corrected chi connectivity index (χ1v) is 11.2. The molecule has 1 aromatic carbocycles. The highest BCUT2D eigenvalue weighted by atomic mass is 16.2. The van der Waals surface area contributed by atoms with Gasteiger partial charge in [0, 0.05) is 51.2 Å². The maximum absolute atomic E-state index is 12.0. The molecule has 1 atom stereocenters. The lowest BCUT2D eigenvalue weighted by Crippen LogP contribution is -2.52. The van der Waals surface area contributed by atoms with Gasteiger partial charge < -0.3 is 10.6 Å². The number of imide groups is 1. The van der Waals surface area contributed by atoms with E-state index in [1.165, 1.54) is 44.3 Å². The number of rotatable bonds is 5. The average Bonchev–Trinajstić information content (AvgIpc) is 2.74. The fourth-order valence-corrected chi connectivity index (χ4v) is 5.03. The summed E-state index contributed by atoms with van der Waals surface area (Å²) >= 11 is 0. The molecule has 1 saturated carbocycles. The van der Waals surface area contributed by atoms with E-state index >= 15 is 0 Å². The first kappa shape index (κ1) is 20.5. The van der Waals surface area contributed by atoms with Gasteiger partial charge in [0.2, 0.25) is 11.8 Å². The molecule has 158 valence electrons. The van der Waals surface area contributed by atoms with Gasteiger partial charge in [-0.2, -0.15) is 0 Å². The molecule has 0 aromatic heterocycles. The average molecular weight is 399 g/mol. The van der Waals surface area contributed by atoms with Crippen LogP contribution in [0.2, 0.25) is 0 Å². The Balaban J connectivity index is 1.21. The zero-order valence-electron chi connectivity index (χ0n) is 17.3. The first-order chi connectivity index (χ1) is 14.1. The van der Waals surface area contributed by atoms with Crippen LogP contribution in [-0.2, 0) is 16.0 Å². The monoisotopic (exact) mass is 398 g/mol. The summed E-state index contributed by atoms with van der Waals surface area (Å²) in [5, 5.41) is 2.45. The zero-order valence-corrected chi connectivity index (χ0v) is 17.3. The smallest absolute Gasteiger partial charge is 0.234 e. The van der Waals surface area contributed by atoms with Gasteiger partial charge in [0.25, 0.3) is 0 Å². The first-order valence-electron chi connectivity index (χ1n) is 11.2. The van der Waals surface area contributed by atoms with Crippen LogP contribution in [0.25, 0.3) is 0 Å². The highest BCUT2D eigenvalue weighted by molar-refractivity contribution is 6.00. The molecule has 0 bridgehead atoms. The summed E-state index contributed by atoms with van der Waals surface area (Å²) < 4.78 is 0. The molecule has 6 heteroatoms. The molecule has 2 heterocycles. The molecule has 3 fully saturated rings. The Morgan fingerprint density at radius 1 is 0.931 bits per heavy atom. The van der Waals surface area contributed by atoms with Crippen LogP contribution in [0.4, 0.5) is 0 Å². The standard InChI is InChI=1S/C23H34N4O2/c24-19-5-7-20(8-6-19)27-15-13-26(14-16-27)12-11-17-1-3-18(4-2-17)21-9-10-22(28)25-23(21)29/h1-4,19-21H,5-16,24H2,(H,25,28,29). The van der Waals surface area contributed by atoms with E-state index in [-0.39, 0.29) is 17.7 Å². The van der Waals surface area contributed by atoms with Crippen LogP contribution >= 0.6 is 0 Å². The number of piperazine rings is 1. The number of carbonyl (C=O) groups excluding carboxylic acids is 2. The number of nitrogens with one attached hydrogen (secondary N) is 1. The zero-order chi connectivity index (χ0) is 20.2. The molecule has 3 aliphatic rings. The topological polar surface area (TPSA) is 78.7 Å². The third kappa shape index (κ3) is 5.24. The van der Waals surface area contributed by atoms with E-state index in [4.69, 9.17) is 5.73 Å². The molecule has 3 N–H and O–H groups in total. The van der Waals surface area contributed by atoms with Crippen LogP contribution in [0.1, 0.15) is 55.6 Å². The minimum atomic E-state index is -0.191. The molecule has 0 spiro atoms. The largest absolute Gasteiger partial charge is 0.328 e. The van der Waals surface area contributed by atoms with Crippen LogP contribution in [-0.4, -0.2) is 66.4 Å². The van der Waals surface area contributed by atoms with Crippen molar-refractivity contribution in [3.63, 3.8) is 0 Å². The van der Waals surface area contributed by atoms with Gasteiger partial charge >= 0.3 is 0 Å². The summed E-state index contributed by atoms with van der Waals surface area (Å²) in [6, 6.07) is 9.56. The number of nitrogens with zero attached hydrogens (tertiary/aromatic N) is 2. The maximum atomic E-state index is 12.0. The molecular weight excluding hydrogens is 364 g/mol. The number of hydrogen-bond acceptors (Lipinski definition) is 5. The normalized spacial score (nSPS) is 29.6. The van der Waals surface area contributed by atoms with Gasteiger partial charge in [0.15, 0.2) is 0 Å². The Bertz CT molecular complexity index is 704. The van der Waals surface area contributed by atoms with Crippen LogP contribution < -0.4 is 11.1 Å². The lowest BCUT2D eigenvalue weighted by atomic mass is 9.90. The molecular formula is C23H34N4O2. The number of hydrogen-bond donors (Lipinski definition) is 2. The van der Waals surface area contributed by atoms with Crippen LogP contribution in [0.3, 0.4) is 0 Å². The van der Waals surface area contributed by atoms with E-state index in [0.29, 0.717) is 18.9 Å². The van der Waals surface area contributed by atoms with Crippen molar-refractivity contribution in [3.05, 3.63) is 35.4 Å². The second-order valence-corrected chi connectivity index (χ2v) is 8.94. The number of nitrogens with two attached hydrogens (primary N) is 1. The van der Waals surface area contributed by atoms with E-state index in [1.807, 2.05) is 0 Å². The number of piperidine rings is 1. The molecule has 29 heavy (non-hydrogen) atoms. The van der Waals surface area contributed by atoms with E-state index < -0.39 is 0 Å². The summed E-state index contributed by atoms with van der Waals surface area (Å²) in [5.74, 6) is -0.508. The lowest BCUT2D eigenvalue weighted by Gasteiger charge is -2.41. The molecule has 4 rings (SSSR count). The van der Waals surface area contributed by atoms with Gasteiger partial charge in [-0.15, -0.1) is 0 Å². The Labute approximate surface area is 173 Å². The van der Waals surface area contributed by atoms with E-state index in [9.17, 15) is 9.59 Å². The van der Waals surface area contributed by atoms with E-state index in [1.54, 1.807) is 0 Å². The van der Waals surface area contributed by atoms with Gasteiger partial charge in [-0.1, -0.05) is 24.3 Å². The molecule has 6 nitrogen and oxygen atoms in total. The van der Waals surface area contributed by atoms with Crippen molar-refractivity contribution >= 4 is 11.8 Å². The van der Waals surface area contributed by atoms with E-state index in [0.717, 1.165) is 37.7 Å². The highest BCUT2D eigenvalue weighted by Gasteiger charge is 2.28. The molecule has 0 radical (unpaired) electrons. The van der Waals surface area contributed by atoms with E-state index in [2.05, 4.69) is 39.4 Å². The van der Waals surface area contributed by atoms with Crippen molar-refractivity contribution in [2.24, 2.45) is 5.73 Å². The van der Waals surface area contributed by atoms with Gasteiger partial charge in [-0.3, -0.25) is 19.8 Å². The van der Waals surface area contributed by atoms with Crippen molar-refractivity contribution in [3.8, 4) is 0 Å². The SMILES string of the molecule is NC1CCC(N2CCN(CCc3ccc(C4CCC(=O)NC4=O)cc3)CC2)CC1. The second kappa shape index (κ2) is 9.37. The van der Waals surface area contributed by atoms with Crippen LogP contribution in [0.5, 0.6) is 0 Å². The Kier molecular flexibility index (Phi) is 6.63. The van der Waals surface area contributed by atoms with Crippen molar-refractivity contribution in [1.29, 1.82) is 0 Å². The minimum absolute atomic E-state index is 0.157. The second-order valence-electron chi connectivity index (χ2n) is 8.94. The Morgan fingerprint density at radius 2 is 1.62 bits per heavy atom. The minimum Gasteiger partial charge on any atom is -0.328 e. The van der Waals surface area contributed by atoms with Gasteiger partial charge in [0.1, 0.15) is 0 Å². The van der Waals surface area contributed by atoms with Crippen molar-refractivity contribution in [2.45, 2.75) is 62.9 Å². The summed E-state index contributed by atoms with van der Waals surface area (Å²) in [6.45, 7) is 5.73. The quantitative estimate of drug-likeness (QED) is 0.737. The summed E-state index contributed by atoms with van der Waals surface area (Å²) in [7, 11) is 0. The highest BCUT2D eigenvalue weighted by Crippen LogP contribution is 2.25. The fraction of sp³-hybridized carbons (Fsp3) is 0.652. The maximum Gasteiger partial charge on any atom is 0.234 e. The molecule has 2 aliphatic heterocycles. The third-order valence-electron chi connectivity index (χ3n) is 7.00. The molecule has 1 unspecified atom stereocenters.